The Hall–Kier alpha value is -2.38. The van der Waals surface area contributed by atoms with E-state index in [-0.39, 0.29) is 11.9 Å². The SMILES string of the molecule is CCn1ncc(CNC(=O)NCC2CCCn3cc(C)nc32)n1. The predicted octanol–water partition coefficient (Wildman–Crippen LogP) is 1.18. The van der Waals surface area contributed by atoms with Gasteiger partial charge in [0.05, 0.1) is 25.0 Å². The summed E-state index contributed by atoms with van der Waals surface area (Å²) < 4.78 is 2.20. The van der Waals surface area contributed by atoms with Crippen molar-refractivity contribution < 1.29 is 4.79 Å². The largest absolute Gasteiger partial charge is 0.337 e. The minimum Gasteiger partial charge on any atom is -0.337 e. The molecule has 0 aliphatic carbocycles. The monoisotopic (exact) mass is 317 g/mol. The van der Waals surface area contributed by atoms with Gasteiger partial charge in [-0.1, -0.05) is 0 Å². The quantitative estimate of drug-likeness (QED) is 0.866. The van der Waals surface area contributed by atoms with E-state index in [1.54, 1.807) is 11.0 Å². The molecule has 2 amide bonds. The molecule has 3 heterocycles. The molecule has 0 fully saturated rings. The third-order valence-corrected chi connectivity index (χ3v) is 4.05. The molecule has 2 aromatic heterocycles. The molecule has 2 N–H and O–H groups in total. The summed E-state index contributed by atoms with van der Waals surface area (Å²) >= 11 is 0. The summed E-state index contributed by atoms with van der Waals surface area (Å²) in [7, 11) is 0. The molecule has 0 bridgehead atoms. The summed E-state index contributed by atoms with van der Waals surface area (Å²) in [5.74, 6) is 1.36. The van der Waals surface area contributed by atoms with Crippen LogP contribution in [0.2, 0.25) is 0 Å². The van der Waals surface area contributed by atoms with E-state index in [2.05, 4.69) is 36.6 Å². The predicted molar refractivity (Wildman–Crippen MR) is 84.9 cm³/mol. The van der Waals surface area contributed by atoms with E-state index in [9.17, 15) is 4.79 Å². The van der Waals surface area contributed by atoms with Crippen molar-refractivity contribution in [2.24, 2.45) is 0 Å². The molecule has 1 aliphatic rings. The van der Waals surface area contributed by atoms with Crippen LogP contribution in [0.25, 0.3) is 0 Å². The lowest BCUT2D eigenvalue weighted by atomic mass is 9.99. The second-order valence-corrected chi connectivity index (χ2v) is 5.86. The van der Waals surface area contributed by atoms with Crippen LogP contribution < -0.4 is 10.6 Å². The Kier molecular flexibility index (Phi) is 4.59. The molecule has 0 radical (unpaired) electrons. The molecule has 1 atom stereocenters. The lowest BCUT2D eigenvalue weighted by molar-refractivity contribution is 0.238. The van der Waals surface area contributed by atoms with Gasteiger partial charge >= 0.3 is 6.03 Å². The van der Waals surface area contributed by atoms with E-state index in [1.165, 1.54) is 0 Å². The average molecular weight is 317 g/mol. The van der Waals surface area contributed by atoms with Crippen molar-refractivity contribution in [3.63, 3.8) is 0 Å². The van der Waals surface area contributed by atoms with Crippen LogP contribution in [0.3, 0.4) is 0 Å². The number of aryl methyl sites for hydroxylation is 3. The van der Waals surface area contributed by atoms with Crippen LogP contribution in [0.1, 0.15) is 42.9 Å². The van der Waals surface area contributed by atoms with Crippen molar-refractivity contribution in [2.75, 3.05) is 6.54 Å². The molecular formula is C15H23N7O. The van der Waals surface area contributed by atoms with E-state index in [4.69, 9.17) is 0 Å². The lowest BCUT2D eigenvalue weighted by Gasteiger charge is -2.23. The van der Waals surface area contributed by atoms with Crippen LogP contribution in [0.4, 0.5) is 4.79 Å². The van der Waals surface area contributed by atoms with E-state index < -0.39 is 0 Å². The first kappa shape index (κ1) is 15.5. The zero-order valence-corrected chi connectivity index (χ0v) is 13.6. The first-order valence-electron chi connectivity index (χ1n) is 8.10. The van der Waals surface area contributed by atoms with Gasteiger partial charge in [-0.15, -0.1) is 0 Å². The van der Waals surface area contributed by atoms with Crippen LogP contribution in [0.15, 0.2) is 12.4 Å². The fourth-order valence-corrected chi connectivity index (χ4v) is 2.92. The van der Waals surface area contributed by atoms with E-state index in [1.807, 2.05) is 13.8 Å². The Bertz CT molecular complexity index is 675. The Morgan fingerprint density at radius 3 is 3.09 bits per heavy atom. The Morgan fingerprint density at radius 2 is 2.30 bits per heavy atom. The first-order valence-corrected chi connectivity index (χ1v) is 8.10. The highest BCUT2D eigenvalue weighted by molar-refractivity contribution is 5.73. The number of amides is 2. The van der Waals surface area contributed by atoms with Gasteiger partial charge in [-0.2, -0.15) is 15.0 Å². The van der Waals surface area contributed by atoms with Gasteiger partial charge in [0, 0.05) is 25.2 Å². The standard InChI is InChI=1S/C15H23N7O/c1-3-22-18-9-13(20-22)8-17-15(23)16-7-12-5-4-6-21-10-11(2)19-14(12)21/h9-10,12H,3-8H2,1-2H3,(H2,16,17,23). The third-order valence-electron chi connectivity index (χ3n) is 4.05. The van der Waals surface area contributed by atoms with Crippen molar-refractivity contribution in [3.05, 3.63) is 29.6 Å². The van der Waals surface area contributed by atoms with Crippen LogP contribution >= 0.6 is 0 Å². The highest BCUT2D eigenvalue weighted by Crippen LogP contribution is 2.25. The molecule has 0 aromatic carbocycles. The highest BCUT2D eigenvalue weighted by atomic mass is 16.2. The Morgan fingerprint density at radius 1 is 1.43 bits per heavy atom. The molecule has 0 saturated heterocycles. The fraction of sp³-hybridized carbons (Fsp3) is 0.600. The normalized spacial score (nSPS) is 16.9. The number of imidazole rings is 1. The number of rotatable bonds is 5. The van der Waals surface area contributed by atoms with Crippen LogP contribution in [-0.4, -0.2) is 37.1 Å². The van der Waals surface area contributed by atoms with E-state index in [0.717, 1.165) is 43.1 Å². The third kappa shape index (κ3) is 3.69. The van der Waals surface area contributed by atoms with Crippen molar-refractivity contribution in [1.82, 2.24) is 35.2 Å². The fourth-order valence-electron chi connectivity index (χ4n) is 2.92. The molecule has 1 unspecified atom stereocenters. The van der Waals surface area contributed by atoms with Gasteiger partial charge in [-0.25, -0.2) is 9.78 Å². The Labute approximate surface area is 135 Å². The minimum absolute atomic E-state index is 0.184. The molecule has 0 spiro atoms. The number of fused-ring (bicyclic) bond motifs is 1. The Balaban J connectivity index is 1.48. The van der Waals surface area contributed by atoms with Crippen LogP contribution in [0, 0.1) is 6.92 Å². The zero-order valence-electron chi connectivity index (χ0n) is 13.6. The maximum absolute atomic E-state index is 11.9. The van der Waals surface area contributed by atoms with Crippen molar-refractivity contribution in [1.29, 1.82) is 0 Å². The number of hydrogen-bond donors (Lipinski definition) is 2. The summed E-state index contributed by atoms with van der Waals surface area (Å²) in [6.45, 7) is 6.70. The van der Waals surface area contributed by atoms with Crippen molar-refractivity contribution in [2.45, 2.75) is 52.2 Å². The number of urea groups is 1. The van der Waals surface area contributed by atoms with Crippen molar-refractivity contribution in [3.8, 4) is 0 Å². The second-order valence-electron chi connectivity index (χ2n) is 5.86. The van der Waals surface area contributed by atoms with Gasteiger partial charge in [0.15, 0.2) is 0 Å². The molecule has 124 valence electrons. The number of carbonyl (C=O) groups excluding carboxylic acids is 1. The van der Waals surface area contributed by atoms with Gasteiger partial charge < -0.3 is 15.2 Å². The smallest absolute Gasteiger partial charge is 0.315 e. The number of nitrogens with zero attached hydrogens (tertiary/aromatic N) is 5. The van der Waals surface area contributed by atoms with Crippen LogP contribution in [0.5, 0.6) is 0 Å². The zero-order chi connectivity index (χ0) is 16.2. The molecule has 2 aromatic rings. The summed E-state index contributed by atoms with van der Waals surface area (Å²) in [6, 6.07) is -0.184. The van der Waals surface area contributed by atoms with Gasteiger partial charge in [0.2, 0.25) is 0 Å². The van der Waals surface area contributed by atoms with Gasteiger partial charge in [0.1, 0.15) is 11.5 Å². The van der Waals surface area contributed by atoms with Gasteiger partial charge in [-0.3, -0.25) is 0 Å². The lowest BCUT2D eigenvalue weighted by Crippen LogP contribution is -2.38. The molecule has 3 rings (SSSR count). The molecule has 1 aliphatic heterocycles. The minimum atomic E-state index is -0.184. The molecule has 0 saturated carbocycles. The number of hydrogen-bond acceptors (Lipinski definition) is 4. The number of carbonyl (C=O) groups is 1. The molecular weight excluding hydrogens is 294 g/mol. The highest BCUT2D eigenvalue weighted by Gasteiger charge is 2.22. The van der Waals surface area contributed by atoms with Gasteiger partial charge in [0.25, 0.3) is 0 Å². The maximum atomic E-state index is 11.9. The first-order chi connectivity index (χ1) is 11.2. The number of nitrogens with one attached hydrogen (secondary N) is 2. The molecule has 23 heavy (non-hydrogen) atoms. The number of aromatic nitrogens is 5. The second kappa shape index (κ2) is 6.80. The summed E-state index contributed by atoms with van der Waals surface area (Å²) in [5, 5.41) is 14.1. The van der Waals surface area contributed by atoms with Crippen molar-refractivity contribution >= 4 is 6.03 Å². The average Bonchev–Trinajstić information content (AvgIpc) is 3.16. The summed E-state index contributed by atoms with van der Waals surface area (Å²) in [5.41, 5.74) is 1.79. The summed E-state index contributed by atoms with van der Waals surface area (Å²) in [4.78, 5) is 18.1. The molecule has 8 nitrogen and oxygen atoms in total. The molecule has 8 heteroatoms. The maximum Gasteiger partial charge on any atom is 0.315 e. The van der Waals surface area contributed by atoms with E-state index in [0.29, 0.717) is 13.1 Å². The van der Waals surface area contributed by atoms with Crippen LogP contribution in [-0.2, 0) is 19.6 Å². The van der Waals surface area contributed by atoms with E-state index >= 15 is 0 Å². The van der Waals surface area contributed by atoms with Gasteiger partial charge in [-0.05, 0) is 26.7 Å². The summed E-state index contributed by atoms with van der Waals surface area (Å²) in [6.07, 6.45) is 5.93. The topological polar surface area (TPSA) is 89.7 Å².